The van der Waals surface area contributed by atoms with E-state index in [0.29, 0.717) is 26.1 Å². The molecule has 3 N–H and O–H groups in total. The molecule has 0 saturated heterocycles. The van der Waals surface area contributed by atoms with Crippen molar-refractivity contribution >= 4 is 5.91 Å². The second-order valence-electron chi connectivity index (χ2n) is 4.64. The predicted molar refractivity (Wildman–Crippen MR) is 78.3 cm³/mol. The lowest BCUT2D eigenvalue weighted by Crippen LogP contribution is -2.40. The summed E-state index contributed by atoms with van der Waals surface area (Å²) in [6, 6.07) is 7.56. The van der Waals surface area contributed by atoms with Gasteiger partial charge in [0.15, 0.2) is 0 Å². The number of amides is 1. The highest BCUT2D eigenvalue weighted by atomic mass is 16.5. The number of aliphatic hydroxyl groups excluding tert-OH is 1. The summed E-state index contributed by atoms with van der Waals surface area (Å²) in [5.74, 6) is 0.523. The summed E-state index contributed by atoms with van der Waals surface area (Å²) in [7, 11) is 1.60. The molecule has 0 aromatic heterocycles. The van der Waals surface area contributed by atoms with Crippen LogP contribution in [0.2, 0.25) is 0 Å². The Morgan fingerprint density at radius 1 is 1.45 bits per heavy atom. The van der Waals surface area contributed by atoms with Crippen molar-refractivity contribution in [3.05, 3.63) is 29.8 Å². The van der Waals surface area contributed by atoms with Gasteiger partial charge < -0.3 is 20.5 Å². The highest BCUT2D eigenvalue weighted by Gasteiger charge is 2.22. The Labute approximate surface area is 120 Å². The van der Waals surface area contributed by atoms with Crippen LogP contribution in [0.5, 0.6) is 5.75 Å². The molecule has 5 nitrogen and oxygen atoms in total. The Hall–Kier alpha value is -1.59. The summed E-state index contributed by atoms with van der Waals surface area (Å²) >= 11 is 0. The molecule has 0 spiro atoms. The normalized spacial score (nSPS) is 12.0. The van der Waals surface area contributed by atoms with Crippen LogP contribution in [0.3, 0.4) is 0 Å². The lowest BCUT2D eigenvalue weighted by atomic mass is 10.0. The van der Waals surface area contributed by atoms with Gasteiger partial charge in [-0.2, -0.15) is 0 Å². The maximum atomic E-state index is 12.4. The van der Waals surface area contributed by atoms with Crippen LogP contribution in [0.15, 0.2) is 24.3 Å². The molecule has 0 aliphatic heterocycles. The molecule has 1 aromatic rings. The van der Waals surface area contributed by atoms with Crippen LogP contribution in [0.1, 0.15) is 18.9 Å². The van der Waals surface area contributed by atoms with Crippen molar-refractivity contribution in [3.8, 4) is 5.75 Å². The summed E-state index contributed by atoms with van der Waals surface area (Å²) in [6.07, 6.45) is 0.698. The van der Waals surface area contributed by atoms with Crippen molar-refractivity contribution in [2.24, 2.45) is 11.7 Å². The first-order valence-corrected chi connectivity index (χ1v) is 6.89. The first kappa shape index (κ1) is 16.5. The van der Waals surface area contributed by atoms with E-state index in [1.807, 2.05) is 31.2 Å². The van der Waals surface area contributed by atoms with Crippen LogP contribution >= 0.6 is 0 Å². The number of hydrogen-bond donors (Lipinski definition) is 2. The number of rotatable bonds is 8. The molecule has 5 heteroatoms. The minimum Gasteiger partial charge on any atom is -0.496 e. The molecule has 0 radical (unpaired) electrons. The zero-order chi connectivity index (χ0) is 15.0. The lowest BCUT2D eigenvalue weighted by molar-refractivity contribution is -0.136. The fourth-order valence-electron chi connectivity index (χ4n) is 2.13. The second kappa shape index (κ2) is 8.55. The molecule has 0 aliphatic rings. The van der Waals surface area contributed by atoms with Gasteiger partial charge in [0.25, 0.3) is 0 Å². The molecule has 1 atom stereocenters. The minimum atomic E-state index is -0.198. The van der Waals surface area contributed by atoms with E-state index >= 15 is 0 Å². The summed E-state index contributed by atoms with van der Waals surface area (Å²) in [6.45, 7) is 2.91. The highest BCUT2D eigenvalue weighted by molar-refractivity contribution is 5.79. The predicted octanol–water partition coefficient (Wildman–Crippen LogP) is 1.00. The van der Waals surface area contributed by atoms with Crippen molar-refractivity contribution < 1.29 is 14.6 Å². The number of nitrogens with zero attached hydrogens (tertiary/aromatic N) is 1. The van der Waals surface area contributed by atoms with Gasteiger partial charge in [0.1, 0.15) is 5.75 Å². The van der Waals surface area contributed by atoms with E-state index in [9.17, 15) is 4.79 Å². The molecule has 1 amide bonds. The monoisotopic (exact) mass is 280 g/mol. The molecule has 1 rings (SSSR count). The zero-order valence-electron chi connectivity index (χ0n) is 12.2. The molecule has 0 saturated carbocycles. The number of para-hydroxylation sites is 1. The van der Waals surface area contributed by atoms with Crippen LogP contribution in [-0.4, -0.2) is 42.7 Å². The van der Waals surface area contributed by atoms with Crippen LogP contribution in [-0.2, 0) is 11.3 Å². The van der Waals surface area contributed by atoms with Gasteiger partial charge in [0.2, 0.25) is 5.91 Å². The Morgan fingerprint density at radius 2 is 2.15 bits per heavy atom. The molecule has 1 unspecified atom stereocenters. The average Bonchev–Trinajstić information content (AvgIpc) is 2.48. The smallest absolute Gasteiger partial charge is 0.227 e. The van der Waals surface area contributed by atoms with Crippen LogP contribution < -0.4 is 10.5 Å². The fourth-order valence-corrected chi connectivity index (χ4v) is 2.13. The van der Waals surface area contributed by atoms with Gasteiger partial charge in [-0.1, -0.05) is 25.1 Å². The topological polar surface area (TPSA) is 75.8 Å². The third kappa shape index (κ3) is 4.21. The fraction of sp³-hybridized carbons (Fsp3) is 0.533. The summed E-state index contributed by atoms with van der Waals surface area (Å²) in [5, 5.41) is 9.16. The summed E-state index contributed by atoms with van der Waals surface area (Å²) in [4.78, 5) is 14.0. The van der Waals surface area contributed by atoms with E-state index in [2.05, 4.69) is 0 Å². The highest BCUT2D eigenvalue weighted by Crippen LogP contribution is 2.20. The van der Waals surface area contributed by atoms with E-state index in [0.717, 1.165) is 11.3 Å². The molecular formula is C15H24N2O3. The van der Waals surface area contributed by atoms with Gasteiger partial charge in [-0.25, -0.2) is 0 Å². The molecule has 0 bridgehead atoms. The summed E-state index contributed by atoms with van der Waals surface area (Å²) in [5.41, 5.74) is 6.55. The number of carbonyl (C=O) groups excluding carboxylic acids is 1. The van der Waals surface area contributed by atoms with Gasteiger partial charge in [0.05, 0.1) is 19.6 Å². The number of methoxy groups -OCH3 is 1. The SMILES string of the molecule is CCC(CN)C(=O)N(CCO)Cc1ccccc1OC. The molecule has 1 aromatic carbocycles. The number of aliphatic hydroxyl groups is 1. The van der Waals surface area contributed by atoms with Crippen molar-refractivity contribution in [2.75, 3.05) is 26.8 Å². The Kier molecular flexibility index (Phi) is 7.04. The molecule has 20 heavy (non-hydrogen) atoms. The lowest BCUT2D eigenvalue weighted by Gasteiger charge is -2.26. The van der Waals surface area contributed by atoms with Crippen LogP contribution in [0.25, 0.3) is 0 Å². The van der Waals surface area contributed by atoms with Crippen molar-refractivity contribution in [3.63, 3.8) is 0 Å². The van der Waals surface area contributed by atoms with Gasteiger partial charge >= 0.3 is 0 Å². The Bertz CT molecular complexity index is 419. The number of hydrogen-bond acceptors (Lipinski definition) is 4. The van der Waals surface area contributed by atoms with E-state index < -0.39 is 0 Å². The first-order valence-electron chi connectivity index (χ1n) is 6.89. The first-order chi connectivity index (χ1) is 9.67. The standard InChI is InChI=1S/C15H24N2O3/c1-3-12(10-16)15(19)17(8-9-18)11-13-6-4-5-7-14(13)20-2/h4-7,12,18H,3,8-11,16H2,1-2H3. The summed E-state index contributed by atoms with van der Waals surface area (Å²) < 4.78 is 5.29. The molecule has 0 aliphatic carbocycles. The van der Waals surface area contributed by atoms with E-state index in [4.69, 9.17) is 15.6 Å². The number of benzene rings is 1. The molecule has 0 heterocycles. The van der Waals surface area contributed by atoms with Crippen LogP contribution in [0.4, 0.5) is 0 Å². The molecule has 0 fully saturated rings. The number of ether oxygens (including phenoxy) is 1. The largest absolute Gasteiger partial charge is 0.496 e. The van der Waals surface area contributed by atoms with Gasteiger partial charge in [0, 0.05) is 25.2 Å². The number of nitrogens with two attached hydrogens (primary N) is 1. The van der Waals surface area contributed by atoms with Crippen molar-refractivity contribution in [2.45, 2.75) is 19.9 Å². The third-order valence-electron chi connectivity index (χ3n) is 3.36. The van der Waals surface area contributed by atoms with Crippen molar-refractivity contribution in [1.82, 2.24) is 4.90 Å². The van der Waals surface area contributed by atoms with Gasteiger partial charge in [-0.15, -0.1) is 0 Å². The van der Waals surface area contributed by atoms with Crippen LogP contribution in [0, 0.1) is 5.92 Å². The maximum absolute atomic E-state index is 12.4. The van der Waals surface area contributed by atoms with Gasteiger partial charge in [-0.3, -0.25) is 4.79 Å². The van der Waals surface area contributed by atoms with E-state index in [-0.39, 0.29) is 18.4 Å². The number of carbonyl (C=O) groups is 1. The Morgan fingerprint density at radius 3 is 2.70 bits per heavy atom. The van der Waals surface area contributed by atoms with E-state index in [1.165, 1.54) is 0 Å². The second-order valence-corrected chi connectivity index (χ2v) is 4.64. The van der Waals surface area contributed by atoms with Crippen molar-refractivity contribution in [1.29, 1.82) is 0 Å². The molecular weight excluding hydrogens is 256 g/mol. The average molecular weight is 280 g/mol. The minimum absolute atomic E-state index is 0.0186. The quantitative estimate of drug-likeness (QED) is 0.745. The maximum Gasteiger partial charge on any atom is 0.227 e. The van der Waals surface area contributed by atoms with Gasteiger partial charge in [-0.05, 0) is 12.5 Å². The molecule has 112 valence electrons. The third-order valence-corrected chi connectivity index (χ3v) is 3.36. The Balaban J connectivity index is 2.88. The van der Waals surface area contributed by atoms with E-state index in [1.54, 1.807) is 12.0 Å². The zero-order valence-corrected chi connectivity index (χ0v) is 12.2.